The molecule has 3 rings (SSSR count). The smallest absolute Gasteiger partial charge is 0.251 e. The van der Waals surface area contributed by atoms with Crippen LogP contribution >= 0.6 is 11.3 Å². The number of morpholine rings is 1. The summed E-state index contributed by atoms with van der Waals surface area (Å²) in [4.78, 5) is 16.3. The van der Waals surface area contributed by atoms with E-state index in [1.807, 2.05) is 31.2 Å². The minimum absolute atomic E-state index is 0.0164. The highest BCUT2D eigenvalue weighted by Gasteiger charge is 2.29. The van der Waals surface area contributed by atoms with E-state index < -0.39 is 0 Å². The molecule has 1 amide bonds. The zero-order chi connectivity index (χ0) is 16.9. The Morgan fingerprint density at radius 3 is 2.54 bits per heavy atom. The van der Waals surface area contributed by atoms with Crippen molar-refractivity contribution in [1.29, 1.82) is 0 Å². The van der Waals surface area contributed by atoms with Gasteiger partial charge in [0.25, 0.3) is 5.91 Å². The fourth-order valence-corrected chi connectivity index (χ4v) is 4.10. The van der Waals surface area contributed by atoms with Gasteiger partial charge in [0.2, 0.25) is 0 Å². The summed E-state index contributed by atoms with van der Waals surface area (Å²) in [6.07, 6.45) is 0. The second-order valence-corrected chi connectivity index (χ2v) is 7.22. The fraction of sp³-hybridized carbons (Fsp3) is 0.421. The van der Waals surface area contributed by atoms with Gasteiger partial charge in [-0.05, 0) is 37.4 Å². The highest BCUT2D eigenvalue weighted by atomic mass is 32.1. The number of hydrogen-bond acceptors (Lipinski definition) is 4. The van der Waals surface area contributed by atoms with Crippen LogP contribution in [-0.4, -0.2) is 43.2 Å². The Morgan fingerprint density at radius 1 is 1.21 bits per heavy atom. The molecule has 0 saturated carbocycles. The van der Waals surface area contributed by atoms with Gasteiger partial charge in [-0.15, -0.1) is 11.3 Å². The lowest BCUT2D eigenvalue weighted by molar-refractivity contribution is 0.00969. The van der Waals surface area contributed by atoms with Crippen LogP contribution in [0.3, 0.4) is 0 Å². The van der Waals surface area contributed by atoms with Crippen molar-refractivity contribution >= 4 is 17.2 Å². The molecule has 2 heterocycles. The first-order chi connectivity index (χ1) is 11.6. The predicted octanol–water partition coefficient (Wildman–Crippen LogP) is 3.25. The van der Waals surface area contributed by atoms with Crippen molar-refractivity contribution in [3.63, 3.8) is 0 Å². The Morgan fingerprint density at radius 2 is 1.92 bits per heavy atom. The standard InChI is InChI=1S/C19H24N2O2S/c1-14-5-7-16(8-6-14)19(22)20-15(2)18(17-4-3-13-24-17)21-9-11-23-12-10-21/h3-8,13,15,18H,9-12H2,1-2H3,(H,20,22)/t15-,18+/m0/s1. The summed E-state index contributed by atoms with van der Waals surface area (Å²) in [6.45, 7) is 7.41. The largest absolute Gasteiger partial charge is 0.379 e. The van der Waals surface area contributed by atoms with E-state index in [2.05, 4.69) is 34.7 Å². The minimum atomic E-state index is -0.0164. The second-order valence-electron chi connectivity index (χ2n) is 6.24. The van der Waals surface area contributed by atoms with Crippen LogP contribution in [0.1, 0.15) is 33.8 Å². The lowest BCUT2D eigenvalue weighted by Gasteiger charge is -2.37. The average Bonchev–Trinajstić information content (AvgIpc) is 3.10. The number of benzene rings is 1. The molecule has 2 aromatic rings. The Kier molecular flexibility index (Phi) is 5.66. The normalized spacial score (nSPS) is 18.1. The van der Waals surface area contributed by atoms with Gasteiger partial charge in [-0.25, -0.2) is 0 Å². The molecule has 0 radical (unpaired) electrons. The van der Waals surface area contributed by atoms with Crippen LogP contribution in [0.2, 0.25) is 0 Å². The van der Waals surface area contributed by atoms with Gasteiger partial charge in [0.15, 0.2) is 0 Å². The Labute approximate surface area is 147 Å². The van der Waals surface area contributed by atoms with Crippen LogP contribution in [0.15, 0.2) is 41.8 Å². The van der Waals surface area contributed by atoms with E-state index in [1.165, 1.54) is 4.88 Å². The number of aryl methyl sites for hydroxylation is 1. The molecule has 0 unspecified atom stereocenters. The van der Waals surface area contributed by atoms with Crippen LogP contribution in [0, 0.1) is 6.92 Å². The molecular weight excluding hydrogens is 320 g/mol. The molecule has 1 N–H and O–H groups in total. The second kappa shape index (κ2) is 7.92. The summed E-state index contributed by atoms with van der Waals surface area (Å²) in [5.74, 6) is -0.0164. The molecule has 0 bridgehead atoms. The summed E-state index contributed by atoms with van der Waals surface area (Å²) in [5.41, 5.74) is 1.86. The number of rotatable bonds is 5. The number of amides is 1. The highest BCUT2D eigenvalue weighted by Crippen LogP contribution is 2.29. The monoisotopic (exact) mass is 344 g/mol. The number of thiophene rings is 1. The van der Waals surface area contributed by atoms with Crippen molar-refractivity contribution in [2.45, 2.75) is 25.9 Å². The molecule has 0 spiro atoms. The van der Waals surface area contributed by atoms with Crippen molar-refractivity contribution in [2.24, 2.45) is 0 Å². The van der Waals surface area contributed by atoms with E-state index in [-0.39, 0.29) is 18.0 Å². The van der Waals surface area contributed by atoms with Gasteiger partial charge in [0.05, 0.1) is 19.3 Å². The minimum Gasteiger partial charge on any atom is -0.379 e. The molecule has 1 aromatic carbocycles. The number of nitrogens with zero attached hydrogens (tertiary/aromatic N) is 1. The molecule has 128 valence electrons. The van der Waals surface area contributed by atoms with Crippen LogP contribution < -0.4 is 5.32 Å². The average molecular weight is 344 g/mol. The lowest BCUT2D eigenvalue weighted by Crippen LogP contribution is -2.48. The lowest BCUT2D eigenvalue weighted by atomic mass is 10.0. The predicted molar refractivity (Wildman–Crippen MR) is 97.6 cm³/mol. The molecule has 1 aliphatic rings. The third-order valence-corrected chi connectivity index (χ3v) is 5.36. The topological polar surface area (TPSA) is 41.6 Å². The van der Waals surface area contributed by atoms with Gasteiger partial charge >= 0.3 is 0 Å². The Balaban J connectivity index is 1.74. The molecule has 1 aromatic heterocycles. The summed E-state index contributed by atoms with van der Waals surface area (Å²) in [7, 11) is 0. The molecule has 5 heteroatoms. The third-order valence-electron chi connectivity index (χ3n) is 4.42. The van der Waals surface area contributed by atoms with Gasteiger partial charge in [0.1, 0.15) is 0 Å². The maximum Gasteiger partial charge on any atom is 0.251 e. The number of nitrogens with one attached hydrogen (secondary N) is 1. The first-order valence-electron chi connectivity index (χ1n) is 8.38. The summed E-state index contributed by atoms with van der Waals surface area (Å²) in [5, 5.41) is 5.28. The van der Waals surface area contributed by atoms with Crippen molar-refractivity contribution in [3.05, 3.63) is 57.8 Å². The quantitative estimate of drug-likeness (QED) is 0.905. The molecule has 0 aliphatic carbocycles. The van der Waals surface area contributed by atoms with Gasteiger partial charge in [-0.2, -0.15) is 0 Å². The highest BCUT2D eigenvalue weighted by molar-refractivity contribution is 7.10. The van der Waals surface area contributed by atoms with Crippen LogP contribution in [0.25, 0.3) is 0 Å². The Hall–Kier alpha value is -1.69. The molecule has 24 heavy (non-hydrogen) atoms. The maximum atomic E-state index is 12.6. The Bertz CT molecular complexity index is 649. The van der Waals surface area contributed by atoms with Gasteiger partial charge in [0, 0.05) is 29.6 Å². The molecule has 1 aliphatic heterocycles. The van der Waals surface area contributed by atoms with E-state index in [0.717, 1.165) is 31.9 Å². The molecule has 1 fully saturated rings. The molecule has 1 saturated heterocycles. The van der Waals surface area contributed by atoms with Gasteiger partial charge < -0.3 is 10.1 Å². The molecular formula is C19H24N2O2S. The first-order valence-corrected chi connectivity index (χ1v) is 9.26. The number of ether oxygens (including phenoxy) is 1. The molecule has 2 atom stereocenters. The zero-order valence-electron chi connectivity index (χ0n) is 14.2. The maximum absolute atomic E-state index is 12.6. The fourth-order valence-electron chi connectivity index (χ4n) is 3.13. The number of carbonyl (C=O) groups excluding carboxylic acids is 1. The van der Waals surface area contributed by atoms with Gasteiger partial charge in [-0.3, -0.25) is 9.69 Å². The number of hydrogen-bond donors (Lipinski definition) is 1. The SMILES string of the molecule is Cc1ccc(C(=O)N[C@@H](C)[C@H](c2cccs2)N2CCOCC2)cc1. The van der Waals surface area contributed by atoms with E-state index in [9.17, 15) is 4.79 Å². The molecule has 4 nitrogen and oxygen atoms in total. The summed E-state index contributed by atoms with van der Waals surface area (Å²) in [6, 6.07) is 12.1. The van der Waals surface area contributed by atoms with E-state index >= 15 is 0 Å². The van der Waals surface area contributed by atoms with E-state index in [4.69, 9.17) is 4.74 Å². The number of carbonyl (C=O) groups is 1. The van der Waals surface area contributed by atoms with Crippen molar-refractivity contribution < 1.29 is 9.53 Å². The van der Waals surface area contributed by atoms with Crippen LogP contribution in [-0.2, 0) is 4.74 Å². The van der Waals surface area contributed by atoms with Gasteiger partial charge in [-0.1, -0.05) is 23.8 Å². The zero-order valence-corrected chi connectivity index (χ0v) is 15.0. The van der Waals surface area contributed by atoms with E-state index in [0.29, 0.717) is 5.56 Å². The van der Waals surface area contributed by atoms with Crippen molar-refractivity contribution in [2.75, 3.05) is 26.3 Å². The first kappa shape index (κ1) is 17.1. The third kappa shape index (κ3) is 4.04. The van der Waals surface area contributed by atoms with Crippen molar-refractivity contribution in [3.8, 4) is 0 Å². The summed E-state index contributed by atoms with van der Waals surface area (Å²) < 4.78 is 5.48. The van der Waals surface area contributed by atoms with Crippen LogP contribution in [0.5, 0.6) is 0 Å². The van der Waals surface area contributed by atoms with Crippen LogP contribution in [0.4, 0.5) is 0 Å². The van der Waals surface area contributed by atoms with E-state index in [1.54, 1.807) is 11.3 Å². The summed E-state index contributed by atoms with van der Waals surface area (Å²) >= 11 is 1.74. The van der Waals surface area contributed by atoms with Crippen molar-refractivity contribution in [1.82, 2.24) is 10.2 Å².